The molecule has 0 saturated heterocycles. The number of alkyl halides is 4. The lowest BCUT2D eigenvalue weighted by Crippen LogP contribution is -2.29. The SMILES string of the molecule is C[C@H](NC(=O)c1cc(Cl)cc(C(F)(F)F)c1)c1ncnn1-c1ccc(CBr)cn1. The molecule has 0 unspecified atom stereocenters. The number of amides is 1. The first-order valence-corrected chi connectivity index (χ1v) is 9.79. The number of hydrogen-bond donors (Lipinski definition) is 1. The van der Waals surface area contributed by atoms with E-state index in [1.165, 1.54) is 17.1 Å². The molecule has 0 radical (unpaired) electrons. The summed E-state index contributed by atoms with van der Waals surface area (Å²) in [5.74, 6) is 0.142. The summed E-state index contributed by atoms with van der Waals surface area (Å²) in [6.07, 6.45) is -1.64. The highest BCUT2D eigenvalue weighted by Crippen LogP contribution is 2.32. The van der Waals surface area contributed by atoms with Crippen LogP contribution >= 0.6 is 27.5 Å². The highest BCUT2D eigenvalue weighted by Gasteiger charge is 2.32. The Balaban J connectivity index is 1.83. The Kier molecular flexibility index (Phi) is 6.23. The Hall–Kier alpha value is -2.46. The molecule has 0 aliphatic rings. The number of carbonyl (C=O) groups is 1. The van der Waals surface area contributed by atoms with Crippen LogP contribution in [-0.2, 0) is 11.5 Å². The van der Waals surface area contributed by atoms with Gasteiger partial charge in [0, 0.05) is 22.1 Å². The van der Waals surface area contributed by atoms with Crippen molar-refractivity contribution in [3.63, 3.8) is 0 Å². The number of aromatic nitrogens is 4. The van der Waals surface area contributed by atoms with E-state index >= 15 is 0 Å². The normalized spacial score (nSPS) is 12.6. The molecule has 1 atom stereocenters. The lowest BCUT2D eigenvalue weighted by atomic mass is 10.1. The third-order valence-corrected chi connectivity index (χ3v) is 4.84. The van der Waals surface area contributed by atoms with Crippen molar-refractivity contribution in [3.8, 4) is 5.82 Å². The molecule has 1 N–H and O–H groups in total. The van der Waals surface area contributed by atoms with Crippen LogP contribution in [0.4, 0.5) is 13.2 Å². The van der Waals surface area contributed by atoms with Crippen LogP contribution in [0.3, 0.4) is 0 Å². The van der Waals surface area contributed by atoms with Gasteiger partial charge in [-0.2, -0.15) is 23.0 Å². The van der Waals surface area contributed by atoms with Gasteiger partial charge in [0.15, 0.2) is 11.6 Å². The highest BCUT2D eigenvalue weighted by atomic mass is 79.9. The van der Waals surface area contributed by atoms with Gasteiger partial charge in [0.25, 0.3) is 5.91 Å². The number of carbonyl (C=O) groups excluding carboxylic acids is 1. The zero-order valence-corrected chi connectivity index (χ0v) is 17.3. The predicted molar refractivity (Wildman–Crippen MR) is 104 cm³/mol. The van der Waals surface area contributed by atoms with E-state index in [1.54, 1.807) is 19.2 Å². The zero-order chi connectivity index (χ0) is 21.2. The van der Waals surface area contributed by atoms with Gasteiger partial charge in [-0.25, -0.2) is 9.97 Å². The van der Waals surface area contributed by atoms with Crippen molar-refractivity contribution in [2.24, 2.45) is 0 Å². The lowest BCUT2D eigenvalue weighted by molar-refractivity contribution is -0.137. The minimum atomic E-state index is -4.61. The van der Waals surface area contributed by atoms with Crippen LogP contribution in [0.5, 0.6) is 0 Å². The molecule has 2 heterocycles. The minimum absolute atomic E-state index is 0.183. The van der Waals surface area contributed by atoms with Gasteiger partial charge in [-0.3, -0.25) is 4.79 Å². The molecule has 0 aliphatic heterocycles. The van der Waals surface area contributed by atoms with E-state index in [-0.39, 0.29) is 10.6 Å². The van der Waals surface area contributed by atoms with Gasteiger partial charge in [0.05, 0.1) is 11.6 Å². The first kappa shape index (κ1) is 21.3. The fraction of sp³-hybridized carbons (Fsp3) is 0.222. The van der Waals surface area contributed by atoms with Gasteiger partial charge in [-0.1, -0.05) is 33.6 Å². The number of rotatable bonds is 5. The lowest BCUT2D eigenvalue weighted by Gasteiger charge is -2.15. The van der Waals surface area contributed by atoms with E-state index in [0.29, 0.717) is 17.0 Å². The van der Waals surface area contributed by atoms with Crippen LogP contribution in [0, 0.1) is 0 Å². The highest BCUT2D eigenvalue weighted by molar-refractivity contribution is 9.08. The predicted octanol–water partition coefficient (Wildman–Crippen LogP) is 4.72. The summed E-state index contributed by atoms with van der Waals surface area (Å²) in [4.78, 5) is 20.9. The summed E-state index contributed by atoms with van der Waals surface area (Å²) in [6, 6.07) is 5.63. The Morgan fingerprint density at radius 1 is 1.28 bits per heavy atom. The second kappa shape index (κ2) is 8.50. The maximum Gasteiger partial charge on any atom is 0.416 e. The third-order valence-electron chi connectivity index (χ3n) is 3.98. The third kappa shape index (κ3) is 4.94. The van der Waals surface area contributed by atoms with Crippen LogP contribution in [0.1, 0.15) is 40.3 Å². The first-order valence-electron chi connectivity index (χ1n) is 8.29. The number of nitrogens with one attached hydrogen (secondary N) is 1. The summed E-state index contributed by atoms with van der Waals surface area (Å²) in [5.41, 5.74) is -0.234. The topological polar surface area (TPSA) is 72.7 Å². The molecular weight excluding hydrogens is 475 g/mol. The number of halogens is 5. The number of benzene rings is 1. The van der Waals surface area contributed by atoms with E-state index < -0.39 is 23.7 Å². The first-order chi connectivity index (χ1) is 13.7. The van der Waals surface area contributed by atoms with Gasteiger partial charge >= 0.3 is 6.18 Å². The molecule has 29 heavy (non-hydrogen) atoms. The fourth-order valence-corrected chi connectivity index (χ4v) is 3.14. The van der Waals surface area contributed by atoms with E-state index in [0.717, 1.165) is 17.7 Å². The molecule has 3 rings (SSSR count). The Morgan fingerprint density at radius 2 is 2.03 bits per heavy atom. The summed E-state index contributed by atoms with van der Waals surface area (Å²) >= 11 is 9.09. The summed E-state index contributed by atoms with van der Waals surface area (Å²) in [5, 5.41) is 7.19. The van der Waals surface area contributed by atoms with E-state index in [4.69, 9.17) is 11.6 Å². The standard InChI is InChI=1S/C18H14BrClF3N5O/c1-10(16-25-9-26-28(16)15-3-2-11(7-19)8-24-15)27-17(29)12-4-13(18(21,22)23)6-14(20)5-12/h2-6,8-10H,7H2,1H3,(H,27,29)/t10-/m0/s1. The molecule has 2 aromatic heterocycles. The molecule has 0 fully saturated rings. The quantitative estimate of drug-likeness (QED) is 0.528. The Morgan fingerprint density at radius 3 is 2.66 bits per heavy atom. The molecule has 0 bridgehead atoms. The van der Waals surface area contributed by atoms with E-state index in [1.807, 2.05) is 6.07 Å². The second-order valence-electron chi connectivity index (χ2n) is 6.11. The van der Waals surface area contributed by atoms with Crippen LogP contribution in [0.2, 0.25) is 5.02 Å². The van der Waals surface area contributed by atoms with Gasteiger partial charge in [0.2, 0.25) is 0 Å². The van der Waals surface area contributed by atoms with Crippen LogP contribution in [0.25, 0.3) is 5.82 Å². The van der Waals surface area contributed by atoms with Crippen molar-refractivity contribution in [2.45, 2.75) is 24.5 Å². The van der Waals surface area contributed by atoms with Gasteiger partial charge < -0.3 is 5.32 Å². The molecule has 0 saturated carbocycles. The molecular formula is C18H14BrClF3N5O. The number of hydrogen-bond acceptors (Lipinski definition) is 4. The van der Waals surface area contributed by atoms with Crippen molar-refractivity contribution in [1.82, 2.24) is 25.1 Å². The summed E-state index contributed by atoms with van der Waals surface area (Å²) in [7, 11) is 0. The second-order valence-corrected chi connectivity index (χ2v) is 7.11. The van der Waals surface area contributed by atoms with Crippen molar-refractivity contribution >= 4 is 33.4 Å². The molecule has 1 amide bonds. The minimum Gasteiger partial charge on any atom is -0.342 e. The van der Waals surface area contributed by atoms with E-state index in [9.17, 15) is 18.0 Å². The molecule has 1 aromatic carbocycles. The van der Waals surface area contributed by atoms with Crippen molar-refractivity contribution < 1.29 is 18.0 Å². The molecule has 11 heteroatoms. The average Bonchev–Trinajstić information content (AvgIpc) is 3.17. The maximum atomic E-state index is 13.0. The van der Waals surface area contributed by atoms with Gasteiger partial charge in [-0.15, -0.1) is 0 Å². The average molecular weight is 489 g/mol. The fourth-order valence-electron chi connectivity index (χ4n) is 2.57. The van der Waals surface area contributed by atoms with Crippen molar-refractivity contribution in [1.29, 1.82) is 0 Å². The summed E-state index contributed by atoms with van der Waals surface area (Å²) < 4.78 is 40.4. The maximum absolute atomic E-state index is 13.0. The van der Waals surface area contributed by atoms with Crippen LogP contribution < -0.4 is 5.32 Å². The van der Waals surface area contributed by atoms with E-state index in [2.05, 4.69) is 36.3 Å². The Labute approximate surface area is 177 Å². The monoisotopic (exact) mass is 487 g/mol. The number of nitrogens with zero attached hydrogens (tertiary/aromatic N) is 4. The molecule has 0 spiro atoms. The van der Waals surface area contributed by atoms with Gasteiger partial charge in [-0.05, 0) is 36.8 Å². The Bertz CT molecular complexity index is 1020. The molecule has 6 nitrogen and oxygen atoms in total. The molecule has 3 aromatic rings. The summed E-state index contributed by atoms with van der Waals surface area (Å²) in [6.45, 7) is 1.64. The number of pyridine rings is 1. The smallest absolute Gasteiger partial charge is 0.342 e. The molecule has 152 valence electrons. The van der Waals surface area contributed by atoms with Gasteiger partial charge in [0.1, 0.15) is 6.33 Å². The van der Waals surface area contributed by atoms with Crippen LogP contribution in [-0.4, -0.2) is 25.7 Å². The van der Waals surface area contributed by atoms with Crippen molar-refractivity contribution in [3.05, 3.63) is 70.4 Å². The van der Waals surface area contributed by atoms with Crippen LogP contribution in [0.15, 0.2) is 42.9 Å². The van der Waals surface area contributed by atoms with Crippen molar-refractivity contribution in [2.75, 3.05) is 0 Å². The largest absolute Gasteiger partial charge is 0.416 e. The molecule has 0 aliphatic carbocycles. The zero-order valence-electron chi connectivity index (χ0n) is 14.9.